The topological polar surface area (TPSA) is 66.9 Å². The number of fused-ring (bicyclic) bond motifs is 1. The number of H-pyrrole nitrogens is 1. The summed E-state index contributed by atoms with van der Waals surface area (Å²) < 4.78 is 5.81. The van der Waals surface area contributed by atoms with E-state index in [1.807, 2.05) is 25.2 Å². The van der Waals surface area contributed by atoms with Crippen molar-refractivity contribution in [2.45, 2.75) is 13.2 Å². The van der Waals surface area contributed by atoms with Gasteiger partial charge in [-0.2, -0.15) is 0 Å². The van der Waals surface area contributed by atoms with Gasteiger partial charge in [-0.1, -0.05) is 18.2 Å². The van der Waals surface area contributed by atoms with Gasteiger partial charge < -0.3 is 14.6 Å². The van der Waals surface area contributed by atoms with Gasteiger partial charge in [-0.15, -0.1) is 11.3 Å². The van der Waals surface area contributed by atoms with Gasteiger partial charge >= 0.3 is 0 Å². The van der Waals surface area contributed by atoms with Crippen LogP contribution in [0.1, 0.15) is 10.4 Å². The summed E-state index contributed by atoms with van der Waals surface area (Å²) >= 11 is 1.70. The summed E-state index contributed by atoms with van der Waals surface area (Å²) in [5.74, 6) is 1.71. The first-order chi connectivity index (χ1) is 12.3. The minimum absolute atomic E-state index is 0.607. The number of hydrogen-bond donors (Lipinski definition) is 1. The number of ether oxygens (including phenoxy) is 1. The highest BCUT2D eigenvalue weighted by molar-refractivity contribution is 7.09. The predicted molar refractivity (Wildman–Crippen MR) is 98.9 cm³/mol. The van der Waals surface area contributed by atoms with Crippen LogP contribution in [0.5, 0.6) is 5.75 Å². The standard InChI is InChI=1S/C18H17N5OS/c1-23(18-16-17(20-11-19-16)21-12-22-18)9-13-4-6-14(7-5-13)24-10-15-3-2-8-25-15/h2-8,11-12H,9-10H2,1H3,(H,19,20,21,22). The molecule has 4 rings (SSSR count). The van der Waals surface area contributed by atoms with Crippen LogP contribution in [0, 0.1) is 0 Å². The second kappa shape index (κ2) is 6.90. The second-order valence-corrected chi connectivity index (χ2v) is 6.70. The summed E-state index contributed by atoms with van der Waals surface area (Å²) in [5.41, 5.74) is 2.70. The molecule has 0 aliphatic heterocycles. The number of aromatic nitrogens is 4. The molecular formula is C18H17N5OS. The van der Waals surface area contributed by atoms with E-state index < -0.39 is 0 Å². The molecule has 0 aliphatic rings. The van der Waals surface area contributed by atoms with Gasteiger partial charge in [0.2, 0.25) is 0 Å². The van der Waals surface area contributed by atoms with E-state index in [1.54, 1.807) is 17.7 Å². The third kappa shape index (κ3) is 3.46. The van der Waals surface area contributed by atoms with E-state index in [2.05, 4.69) is 48.4 Å². The van der Waals surface area contributed by atoms with Crippen LogP contribution in [-0.2, 0) is 13.2 Å². The molecule has 0 saturated carbocycles. The summed E-state index contributed by atoms with van der Waals surface area (Å²) in [4.78, 5) is 19.1. The fourth-order valence-corrected chi connectivity index (χ4v) is 3.25. The third-order valence-corrected chi connectivity index (χ3v) is 4.72. The number of aromatic amines is 1. The van der Waals surface area contributed by atoms with Crippen LogP contribution in [0.3, 0.4) is 0 Å². The molecule has 25 heavy (non-hydrogen) atoms. The van der Waals surface area contributed by atoms with Gasteiger partial charge in [-0.3, -0.25) is 0 Å². The molecule has 0 radical (unpaired) electrons. The number of anilines is 1. The summed E-state index contributed by atoms with van der Waals surface area (Å²) in [6, 6.07) is 12.3. The average Bonchev–Trinajstić information content (AvgIpc) is 3.32. The Hall–Kier alpha value is -2.93. The molecule has 1 N–H and O–H groups in total. The lowest BCUT2D eigenvalue weighted by Gasteiger charge is -2.18. The van der Waals surface area contributed by atoms with E-state index in [1.165, 1.54) is 16.8 Å². The van der Waals surface area contributed by atoms with Crippen molar-refractivity contribution in [3.63, 3.8) is 0 Å². The number of rotatable bonds is 6. The third-order valence-electron chi connectivity index (χ3n) is 3.87. The Morgan fingerprint density at radius 2 is 2.00 bits per heavy atom. The molecule has 0 aliphatic carbocycles. The Morgan fingerprint density at radius 3 is 2.80 bits per heavy atom. The van der Waals surface area contributed by atoms with Gasteiger partial charge in [0.05, 0.1) is 6.33 Å². The first kappa shape index (κ1) is 15.6. The number of thiophene rings is 1. The molecule has 1 aromatic carbocycles. The van der Waals surface area contributed by atoms with Crippen molar-refractivity contribution in [2.24, 2.45) is 0 Å². The molecule has 0 atom stereocenters. The lowest BCUT2D eigenvalue weighted by atomic mass is 10.2. The Balaban J connectivity index is 1.43. The van der Waals surface area contributed by atoms with Crippen molar-refractivity contribution in [2.75, 3.05) is 11.9 Å². The van der Waals surface area contributed by atoms with Crippen LogP contribution >= 0.6 is 11.3 Å². The zero-order valence-corrected chi connectivity index (χ0v) is 14.5. The summed E-state index contributed by atoms with van der Waals surface area (Å²) in [7, 11) is 2.00. The maximum atomic E-state index is 5.81. The highest BCUT2D eigenvalue weighted by atomic mass is 32.1. The highest BCUT2D eigenvalue weighted by Gasteiger charge is 2.11. The Morgan fingerprint density at radius 1 is 1.12 bits per heavy atom. The van der Waals surface area contributed by atoms with Crippen LogP contribution in [-0.4, -0.2) is 27.0 Å². The fraction of sp³-hybridized carbons (Fsp3) is 0.167. The minimum atomic E-state index is 0.607. The van der Waals surface area contributed by atoms with Gasteiger partial charge in [0.1, 0.15) is 24.2 Å². The number of imidazole rings is 1. The molecule has 7 heteroatoms. The molecule has 4 aromatic rings. The van der Waals surface area contributed by atoms with Crippen molar-refractivity contribution < 1.29 is 4.74 Å². The van der Waals surface area contributed by atoms with Crippen molar-refractivity contribution in [3.8, 4) is 5.75 Å². The van der Waals surface area contributed by atoms with Crippen LogP contribution < -0.4 is 9.64 Å². The molecule has 3 aromatic heterocycles. The number of nitrogens with one attached hydrogen (secondary N) is 1. The largest absolute Gasteiger partial charge is 0.488 e. The normalized spacial score (nSPS) is 10.9. The highest BCUT2D eigenvalue weighted by Crippen LogP contribution is 2.21. The van der Waals surface area contributed by atoms with Gasteiger partial charge in [0, 0.05) is 18.5 Å². The van der Waals surface area contributed by atoms with Gasteiger partial charge in [-0.05, 0) is 29.1 Å². The number of benzene rings is 1. The summed E-state index contributed by atoms with van der Waals surface area (Å²) in [5, 5.41) is 2.06. The molecule has 0 bridgehead atoms. The van der Waals surface area contributed by atoms with Crippen molar-refractivity contribution in [3.05, 3.63) is 64.9 Å². The molecule has 0 spiro atoms. The number of hydrogen-bond acceptors (Lipinski definition) is 6. The van der Waals surface area contributed by atoms with E-state index in [4.69, 9.17) is 4.74 Å². The predicted octanol–water partition coefficient (Wildman–Crippen LogP) is 3.63. The Bertz CT molecular complexity index is 949. The molecule has 0 amide bonds. The van der Waals surface area contributed by atoms with E-state index in [9.17, 15) is 0 Å². The Labute approximate surface area is 149 Å². The number of nitrogens with zero attached hydrogens (tertiary/aromatic N) is 4. The van der Waals surface area contributed by atoms with Crippen LogP contribution in [0.25, 0.3) is 11.2 Å². The van der Waals surface area contributed by atoms with Gasteiger partial charge in [0.15, 0.2) is 11.5 Å². The fourth-order valence-electron chi connectivity index (χ4n) is 2.63. The van der Waals surface area contributed by atoms with E-state index >= 15 is 0 Å². The molecule has 0 saturated heterocycles. The van der Waals surface area contributed by atoms with Crippen molar-refractivity contribution in [1.82, 2.24) is 19.9 Å². The first-order valence-corrected chi connectivity index (χ1v) is 8.77. The van der Waals surface area contributed by atoms with Crippen LogP contribution in [0.15, 0.2) is 54.4 Å². The van der Waals surface area contributed by atoms with Crippen LogP contribution in [0.2, 0.25) is 0 Å². The maximum absolute atomic E-state index is 5.81. The summed E-state index contributed by atoms with van der Waals surface area (Å²) in [6.45, 7) is 1.34. The molecule has 0 fully saturated rings. The summed E-state index contributed by atoms with van der Waals surface area (Å²) in [6.07, 6.45) is 3.17. The minimum Gasteiger partial charge on any atom is -0.488 e. The quantitative estimate of drug-likeness (QED) is 0.574. The SMILES string of the molecule is CN(Cc1ccc(OCc2cccs2)cc1)c1ncnc2nc[nH]c12. The zero-order chi connectivity index (χ0) is 17.1. The Kier molecular flexibility index (Phi) is 4.30. The first-order valence-electron chi connectivity index (χ1n) is 7.89. The van der Waals surface area contributed by atoms with E-state index in [-0.39, 0.29) is 0 Å². The second-order valence-electron chi connectivity index (χ2n) is 5.67. The van der Waals surface area contributed by atoms with E-state index in [0.717, 1.165) is 23.6 Å². The molecule has 0 unspecified atom stereocenters. The lowest BCUT2D eigenvalue weighted by molar-refractivity contribution is 0.310. The maximum Gasteiger partial charge on any atom is 0.182 e. The van der Waals surface area contributed by atoms with Gasteiger partial charge in [-0.25, -0.2) is 15.0 Å². The smallest absolute Gasteiger partial charge is 0.182 e. The van der Waals surface area contributed by atoms with Crippen molar-refractivity contribution >= 4 is 28.3 Å². The van der Waals surface area contributed by atoms with Crippen LogP contribution in [0.4, 0.5) is 5.82 Å². The van der Waals surface area contributed by atoms with E-state index in [0.29, 0.717) is 12.3 Å². The average molecular weight is 351 g/mol. The lowest BCUT2D eigenvalue weighted by Crippen LogP contribution is -2.18. The molecule has 126 valence electrons. The zero-order valence-electron chi connectivity index (χ0n) is 13.7. The molecule has 3 heterocycles. The van der Waals surface area contributed by atoms with Crippen molar-refractivity contribution in [1.29, 1.82) is 0 Å². The molecular weight excluding hydrogens is 334 g/mol. The molecule has 6 nitrogen and oxygen atoms in total. The monoisotopic (exact) mass is 351 g/mol. The van der Waals surface area contributed by atoms with Gasteiger partial charge in [0.25, 0.3) is 0 Å².